The second-order valence-corrected chi connectivity index (χ2v) is 13.8. The molecule has 4 heterocycles. The minimum atomic E-state index is -4.24. The first-order valence-electron chi connectivity index (χ1n) is 7.64. The van der Waals surface area contributed by atoms with Crippen LogP contribution in [0.25, 0.3) is 29.3 Å². The van der Waals surface area contributed by atoms with Crippen molar-refractivity contribution in [3.05, 3.63) is 48.5 Å². The lowest BCUT2D eigenvalue weighted by molar-refractivity contribution is 0.386. The molecule has 0 atom stereocenters. The van der Waals surface area contributed by atoms with Gasteiger partial charge in [0.1, 0.15) is 9.24 Å². The lowest BCUT2D eigenvalue weighted by Gasteiger charge is -1.97. The Labute approximate surface area is 175 Å². The van der Waals surface area contributed by atoms with Gasteiger partial charge in [0.25, 0.3) is 0 Å². The van der Waals surface area contributed by atoms with Crippen molar-refractivity contribution < 1.29 is 28.7 Å². The van der Waals surface area contributed by atoms with E-state index in [0.717, 1.165) is 51.9 Å². The molecule has 4 N–H and O–H groups in total. The van der Waals surface area contributed by atoms with E-state index in [1.165, 1.54) is 34.8 Å². The molecule has 12 heteroatoms. The van der Waals surface area contributed by atoms with Gasteiger partial charge >= 0.3 is 15.2 Å². The van der Waals surface area contributed by atoms with Crippen molar-refractivity contribution in [2.24, 2.45) is 0 Å². The molecule has 0 aliphatic rings. The molecule has 4 rings (SSSR count). The molecular formula is C16H12O6P2S4. The van der Waals surface area contributed by atoms with E-state index in [2.05, 4.69) is 0 Å². The third-order valence-corrected chi connectivity index (χ3v) is 11.7. The van der Waals surface area contributed by atoms with Crippen molar-refractivity contribution in [1.29, 1.82) is 0 Å². The fraction of sp³-hybridized carbons (Fsp3) is 0. The summed E-state index contributed by atoms with van der Waals surface area (Å²) in [4.78, 5) is 42.6. The largest absolute Gasteiger partial charge is 0.366 e. The molecule has 0 aliphatic heterocycles. The zero-order valence-electron chi connectivity index (χ0n) is 13.8. The van der Waals surface area contributed by atoms with E-state index in [4.69, 9.17) is 0 Å². The van der Waals surface area contributed by atoms with Crippen LogP contribution in [-0.2, 0) is 9.13 Å². The summed E-state index contributed by atoms with van der Waals surface area (Å²) in [6, 6.07) is 14.1. The van der Waals surface area contributed by atoms with Crippen LogP contribution in [0, 0.1) is 0 Å². The normalized spacial score (nSPS) is 12.6. The van der Waals surface area contributed by atoms with E-state index >= 15 is 0 Å². The number of hydrogen-bond acceptors (Lipinski definition) is 6. The standard InChI is InChI=1S/C16H12O6P2S4/c17-23(18,19)15-7-5-13(27-15)11-3-1-9(25-11)10-2-4-12(26-10)14-6-8-16(28-14)24(20,21)22/h1-8H,(H2,17,18,19)(H2,20,21,22). The van der Waals surface area contributed by atoms with E-state index in [1.54, 1.807) is 12.1 Å². The second-order valence-electron chi connectivity index (χ2n) is 5.69. The predicted octanol–water partition coefficient (Wildman–Crippen LogP) is 4.54. The Morgan fingerprint density at radius 2 is 0.714 bits per heavy atom. The molecule has 0 bridgehead atoms. The first-order valence-corrected chi connectivity index (χ1v) is 14.1. The summed E-state index contributed by atoms with van der Waals surface area (Å²) in [6.45, 7) is 0. The zero-order chi connectivity index (χ0) is 20.1. The summed E-state index contributed by atoms with van der Waals surface area (Å²) in [5, 5.41) is 0. The molecule has 0 saturated carbocycles. The van der Waals surface area contributed by atoms with Crippen LogP contribution < -0.4 is 9.24 Å². The molecule has 4 aromatic rings. The van der Waals surface area contributed by atoms with Crippen LogP contribution in [-0.4, -0.2) is 19.6 Å². The van der Waals surface area contributed by atoms with E-state index in [-0.39, 0.29) is 9.24 Å². The van der Waals surface area contributed by atoms with Gasteiger partial charge in [0.2, 0.25) is 0 Å². The highest BCUT2D eigenvalue weighted by molar-refractivity contribution is 7.68. The fourth-order valence-electron chi connectivity index (χ4n) is 2.44. The number of thiophene rings is 4. The molecule has 146 valence electrons. The van der Waals surface area contributed by atoms with Gasteiger partial charge in [-0.1, -0.05) is 0 Å². The van der Waals surface area contributed by atoms with Gasteiger partial charge in [-0.25, -0.2) is 0 Å². The van der Waals surface area contributed by atoms with E-state index < -0.39 is 15.2 Å². The van der Waals surface area contributed by atoms with Crippen LogP contribution in [0.2, 0.25) is 0 Å². The predicted molar refractivity (Wildman–Crippen MR) is 118 cm³/mol. The van der Waals surface area contributed by atoms with Crippen LogP contribution in [0.3, 0.4) is 0 Å². The molecular weight excluding hydrogens is 478 g/mol. The maximum Gasteiger partial charge on any atom is 0.366 e. The van der Waals surface area contributed by atoms with Crippen LogP contribution in [0.5, 0.6) is 0 Å². The van der Waals surface area contributed by atoms with Gasteiger partial charge in [-0.2, -0.15) is 0 Å². The van der Waals surface area contributed by atoms with Crippen molar-refractivity contribution in [3.63, 3.8) is 0 Å². The Morgan fingerprint density at radius 1 is 0.464 bits per heavy atom. The Morgan fingerprint density at radius 3 is 0.964 bits per heavy atom. The molecule has 28 heavy (non-hydrogen) atoms. The van der Waals surface area contributed by atoms with Crippen molar-refractivity contribution in [2.45, 2.75) is 0 Å². The Kier molecular flexibility index (Phi) is 5.39. The maximum absolute atomic E-state index is 11.4. The van der Waals surface area contributed by atoms with Gasteiger partial charge in [-0.05, 0) is 48.5 Å². The fourth-order valence-corrected chi connectivity index (χ4v) is 8.29. The third-order valence-electron chi connectivity index (χ3n) is 3.70. The van der Waals surface area contributed by atoms with Gasteiger partial charge in [-0.15, -0.1) is 45.3 Å². The summed E-state index contributed by atoms with van der Waals surface area (Å²) in [5.41, 5.74) is 0. The summed E-state index contributed by atoms with van der Waals surface area (Å²) in [7, 11) is -8.48. The van der Waals surface area contributed by atoms with E-state index in [0.29, 0.717) is 0 Å². The van der Waals surface area contributed by atoms with Gasteiger partial charge < -0.3 is 19.6 Å². The van der Waals surface area contributed by atoms with Crippen LogP contribution in [0.1, 0.15) is 0 Å². The highest BCUT2D eigenvalue weighted by atomic mass is 32.1. The molecule has 0 spiro atoms. The highest BCUT2D eigenvalue weighted by Crippen LogP contribution is 2.45. The molecule has 0 fully saturated rings. The lowest BCUT2D eigenvalue weighted by Crippen LogP contribution is -1.94. The average molecular weight is 490 g/mol. The first-order chi connectivity index (χ1) is 13.1. The van der Waals surface area contributed by atoms with Crippen molar-refractivity contribution in [3.8, 4) is 29.3 Å². The van der Waals surface area contributed by atoms with E-state index in [9.17, 15) is 28.7 Å². The van der Waals surface area contributed by atoms with Gasteiger partial charge in [-0.3, -0.25) is 9.13 Å². The summed E-state index contributed by atoms with van der Waals surface area (Å²) in [6.07, 6.45) is 0. The van der Waals surface area contributed by atoms with Gasteiger partial charge in [0.05, 0.1) is 0 Å². The summed E-state index contributed by atoms with van der Waals surface area (Å²) >= 11 is 5.23. The Hall–Kier alpha value is -0.900. The molecule has 6 nitrogen and oxygen atoms in total. The SMILES string of the molecule is O=P(O)(O)c1ccc(-c2ccc(-c3ccc(-c4ccc(P(=O)(O)O)s4)s3)s2)s1. The smallest absolute Gasteiger partial charge is 0.320 e. The molecule has 0 aromatic carbocycles. The number of hydrogen-bond donors (Lipinski definition) is 4. The average Bonchev–Trinajstić information content (AvgIpc) is 3.38. The van der Waals surface area contributed by atoms with Gasteiger partial charge in [0, 0.05) is 29.3 Å². The van der Waals surface area contributed by atoms with Crippen LogP contribution >= 0.6 is 60.5 Å². The minimum absolute atomic E-state index is 0.0504. The Bertz CT molecular complexity index is 1140. The first kappa shape index (κ1) is 20.4. The van der Waals surface area contributed by atoms with Crippen molar-refractivity contribution in [2.75, 3.05) is 0 Å². The van der Waals surface area contributed by atoms with Crippen LogP contribution in [0.15, 0.2) is 48.5 Å². The Balaban J connectivity index is 1.60. The van der Waals surface area contributed by atoms with Crippen LogP contribution in [0.4, 0.5) is 0 Å². The summed E-state index contributed by atoms with van der Waals surface area (Å²) < 4.78 is 22.8. The monoisotopic (exact) mass is 490 g/mol. The molecule has 0 saturated heterocycles. The highest BCUT2D eigenvalue weighted by Gasteiger charge is 2.22. The van der Waals surface area contributed by atoms with Gasteiger partial charge in [0.15, 0.2) is 0 Å². The minimum Gasteiger partial charge on any atom is -0.320 e. The molecule has 4 aromatic heterocycles. The maximum atomic E-state index is 11.4. The zero-order valence-corrected chi connectivity index (χ0v) is 18.8. The topological polar surface area (TPSA) is 115 Å². The molecule has 0 radical (unpaired) electrons. The number of rotatable bonds is 5. The second kappa shape index (κ2) is 7.41. The molecule has 0 aliphatic carbocycles. The molecule has 0 amide bonds. The van der Waals surface area contributed by atoms with Crippen molar-refractivity contribution >= 4 is 69.8 Å². The third kappa shape index (κ3) is 4.17. The van der Waals surface area contributed by atoms with Crippen molar-refractivity contribution in [1.82, 2.24) is 0 Å². The van der Waals surface area contributed by atoms with E-state index in [1.807, 2.05) is 24.3 Å². The lowest BCUT2D eigenvalue weighted by atomic mass is 10.3. The molecule has 0 unspecified atom stereocenters. The summed E-state index contributed by atoms with van der Waals surface area (Å²) in [5.74, 6) is 0. The quantitative estimate of drug-likeness (QED) is 0.306.